The van der Waals surface area contributed by atoms with Crippen LogP contribution < -0.4 is 5.69 Å². The number of H-pyrrole nitrogens is 1. The van der Waals surface area contributed by atoms with E-state index in [1.54, 1.807) is 6.07 Å². The molecular weight excluding hydrogens is 464 g/mol. The third-order valence-corrected chi connectivity index (χ3v) is 6.89. The van der Waals surface area contributed by atoms with E-state index in [0.29, 0.717) is 29.4 Å². The van der Waals surface area contributed by atoms with Crippen molar-refractivity contribution >= 4 is 0 Å². The zero-order valence-corrected chi connectivity index (χ0v) is 21.8. The molecule has 0 aliphatic rings. The number of phenolic OH excluding ortho intramolecular Hbond substituents is 2. The third-order valence-electron chi connectivity index (χ3n) is 6.89. The SMILES string of the molecule is CCCC(CCc1ccccn1)Cc1ccc(Cn2c(-c3cc(C(C)C)c(O)cc3O)n[nH]c2=O)cc1. The Hall–Kier alpha value is -3.87. The first kappa shape index (κ1) is 26.2. The Kier molecular flexibility index (Phi) is 8.43. The fourth-order valence-corrected chi connectivity index (χ4v) is 4.86. The number of rotatable bonds is 11. The molecule has 4 rings (SSSR count). The number of benzene rings is 2. The molecular formula is C30H36N4O3. The number of hydrogen-bond acceptors (Lipinski definition) is 5. The second kappa shape index (κ2) is 11.9. The lowest BCUT2D eigenvalue weighted by Gasteiger charge is -2.16. The molecule has 37 heavy (non-hydrogen) atoms. The largest absolute Gasteiger partial charge is 0.508 e. The standard InChI is InChI=1S/C30H36N4O3/c1-4-7-21(13-14-24-8-5-6-15-31-24)16-22-9-11-23(12-10-22)19-34-29(32-33-30(34)37)26-17-25(20(2)3)27(35)18-28(26)36/h5-6,8-12,15,17-18,20-21,35-36H,4,7,13-14,16,19H2,1-3H3,(H,33,37). The van der Waals surface area contributed by atoms with Gasteiger partial charge in [-0.05, 0) is 66.0 Å². The van der Waals surface area contributed by atoms with E-state index in [-0.39, 0.29) is 23.1 Å². The van der Waals surface area contributed by atoms with Gasteiger partial charge in [0.25, 0.3) is 0 Å². The molecule has 7 heteroatoms. The van der Waals surface area contributed by atoms with Gasteiger partial charge in [0.2, 0.25) is 0 Å². The first-order chi connectivity index (χ1) is 17.9. The second-order valence-electron chi connectivity index (χ2n) is 10.1. The van der Waals surface area contributed by atoms with Crippen LogP contribution in [0.2, 0.25) is 0 Å². The van der Waals surface area contributed by atoms with E-state index >= 15 is 0 Å². The van der Waals surface area contributed by atoms with Gasteiger partial charge in [-0.2, -0.15) is 5.10 Å². The van der Waals surface area contributed by atoms with Crippen LogP contribution in [-0.2, 0) is 19.4 Å². The molecule has 0 amide bonds. The first-order valence-corrected chi connectivity index (χ1v) is 13.0. The molecule has 0 fully saturated rings. The summed E-state index contributed by atoms with van der Waals surface area (Å²) in [5.74, 6) is 0.883. The van der Waals surface area contributed by atoms with Crippen molar-refractivity contribution < 1.29 is 10.2 Å². The zero-order valence-electron chi connectivity index (χ0n) is 21.8. The number of aromatic hydroxyl groups is 2. The number of aromatic nitrogens is 4. The van der Waals surface area contributed by atoms with E-state index in [4.69, 9.17) is 0 Å². The van der Waals surface area contributed by atoms with Crippen molar-refractivity contribution in [2.45, 2.75) is 65.3 Å². The van der Waals surface area contributed by atoms with Crippen LogP contribution in [0.15, 0.2) is 65.6 Å². The van der Waals surface area contributed by atoms with Gasteiger partial charge < -0.3 is 10.2 Å². The van der Waals surface area contributed by atoms with Gasteiger partial charge in [0.1, 0.15) is 11.5 Å². The van der Waals surface area contributed by atoms with Gasteiger partial charge in [0.05, 0.1) is 12.1 Å². The Labute approximate surface area is 217 Å². The minimum absolute atomic E-state index is 0.0256. The van der Waals surface area contributed by atoms with Crippen LogP contribution in [0.4, 0.5) is 0 Å². The maximum absolute atomic E-state index is 12.6. The molecule has 194 valence electrons. The lowest BCUT2D eigenvalue weighted by molar-refractivity contribution is 0.441. The summed E-state index contributed by atoms with van der Waals surface area (Å²) in [4.78, 5) is 17.1. The van der Waals surface area contributed by atoms with Crippen molar-refractivity contribution in [1.82, 2.24) is 19.7 Å². The van der Waals surface area contributed by atoms with Gasteiger partial charge in [-0.25, -0.2) is 9.89 Å². The Bertz CT molecular complexity index is 1360. The molecule has 2 aromatic carbocycles. The Morgan fingerprint density at radius 1 is 0.973 bits per heavy atom. The molecule has 3 N–H and O–H groups in total. The fraction of sp³-hybridized carbons (Fsp3) is 0.367. The molecule has 0 saturated heterocycles. The van der Waals surface area contributed by atoms with E-state index in [1.807, 2.05) is 32.2 Å². The number of aromatic amines is 1. The molecule has 0 saturated carbocycles. The van der Waals surface area contributed by atoms with E-state index in [2.05, 4.69) is 52.4 Å². The lowest BCUT2D eigenvalue weighted by atomic mass is 9.90. The minimum Gasteiger partial charge on any atom is -0.508 e. The van der Waals surface area contributed by atoms with Gasteiger partial charge >= 0.3 is 5.69 Å². The minimum atomic E-state index is -0.352. The predicted octanol–water partition coefficient (Wildman–Crippen LogP) is 5.81. The molecule has 2 aromatic heterocycles. The van der Waals surface area contributed by atoms with E-state index in [0.717, 1.165) is 36.9 Å². The second-order valence-corrected chi connectivity index (χ2v) is 10.1. The Morgan fingerprint density at radius 2 is 1.73 bits per heavy atom. The van der Waals surface area contributed by atoms with E-state index < -0.39 is 0 Å². The molecule has 7 nitrogen and oxygen atoms in total. The van der Waals surface area contributed by atoms with Crippen LogP contribution in [0.1, 0.15) is 68.3 Å². The highest BCUT2D eigenvalue weighted by atomic mass is 16.3. The van der Waals surface area contributed by atoms with Crippen LogP contribution in [0.5, 0.6) is 11.5 Å². The molecule has 0 spiro atoms. The number of aryl methyl sites for hydroxylation is 1. The normalized spacial score (nSPS) is 12.2. The van der Waals surface area contributed by atoms with Gasteiger partial charge in [-0.1, -0.05) is 63.9 Å². The van der Waals surface area contributed by atoms with Crippen molar-refractivity contribution in [3.05, 3.63) is 93.7 Å². The van der Waals surface area contributed by atoms with E-state index in [9.17, 15) is 15.0 Å². The fourth-order valence-electron chi connectivity index (χ4n) is 4.86. The third kappa shape index (κ3) is 6.47. The number of phenols is 2. The molecule has 0 aliphatic carbocycles. The Balaban J connectivity index is 1.49. The summed E-state index contributed by atoms with van der Waals surface area (Å²) in [7, 11) is 0. The maximum atomic E-state index is 12.6. The molecule has 0 radical (unpaired) electrons. The summed E-state index contributed by atoms with van der Waals surface area (Å²) in [5, 5.41) is 27.4. The molecule has 2 heterocycles. The quantitative estimate of drug-likeness (QED) is 0.241. The zero-order chi connectivity index (χ0) is 26.4. The molecule has 1 unspecified atom stereocenters. The smallest absolute Gasteiger partial charge is 0.343 e. The van der Waals surface area contributed by atoms with Gasteiger partial charge in [-0.15, -0.1) is 0 Å². The number of nitrogens with zero attached hydrogens (tertiary/aromatic N) is 3. The highest BCUT2D eigenvalue weighted by molar-refractivity contribution is 5.67. The van der Waals surface area contributed by atoms with Crippen LogP contribution in [0, 0.1) is 5.92 Å². The van der Waals surface area contributed by atoms with Crippen molar-refractivity contribution in [3.8, 4) is 22.9 Å². The van der Waals surface area contributed by atoms with Crippen molar-refractivity contribution in [2.24, 2.45) is 5.92 Å². The van der Waals surface area contributed by atoms with Gasteiger partial charge in [0.15, 0.2) is 5.82 Å². The lowest BCUT2D eigenvalue weighted by Crippen LogP contribution is -2.18. The van der Waals surface area contributed by atoms with Crippen LogP contribution in [0.25, 0.3) is 11.4 Å². The van der Waals surface area contributed by atoms with Crippen molar-refractivity contribution in [3.63, 3.8) is 0 Å². The Morgan fingerprint density at radius 3 is 2.41 bits per heavy atom. The molecule has 0 aliphatic heterocycles. The summed E-state index contributed by atoms with van der Waals surface area (Å²) in [6.07, 6.45) is 7.28. The molecule has 0 bridgehead atoms. The van der Waals surface area contributed by atoms with Gasteiger partial charge in [0, 0.05) is 18.0 Å². The monoisotopic (exact) mass is 500 g/mol. The molecule has 4 aromatic rings. The summed E-state index contributed by atoms with van der Waals surface area (Å²) in [5.41, 5.74) is 4.13. The highest BCUT2D eigenvalue weighted by Crippen LogP contribution is 2.36. The first-order valence-electron chi connectivity index (χ1n) is 13.0. The predicted molar refractivity (Wildman–Crippen MR) is 146 cm³/mol. The summed E-state index contributed by atoms with van der Waals surface area (Å²) >= 11 is 0. The van der Waals surface area contributed by atoms with Crippen molar-refractivity contribution in [1.29, 1.82) is 0 Å². The highest BCUT2D eigenvalue weighted by Gasteiger charge is 2.19. The summed E-state index contributed by atoms with van der Waals surface area (Å²) in [6, 6.07) is 17.5. The van der Waals surface area contributed by atoms with E-state index in [1.165, 1.54) is 22.6 Å². The summed E-state index contributed by atoms with van der Waals surface area (Å²) < 4.78 is 1.51. The van der Waals surface area contributed by atoms with Crippen LogP contribution in [-0.4, -0.2) is 30.0 Å². The van der Waals surface area contributed by atoms with Gasteiger partial charge in [-0.3, -0.25) is 9.55 Å². The summed E-state index contributed by atoms with van der Waals surface area (Å²) in [6.45, 7) is 6.46. The average molecular weight is 501 g/mol. The van der Waals surface area contributed by atoms with Crippen LogP contribution >= 0.6 is 0 Å². The topological polar surface area (TPSA) is 104 Å². The maximum Gasteiger partial charge on any atom is 0.343 e. The number of nitrogens with one attached hydrogen (secondary N) is 1. The number of pyridine rings is 1. The average Bonchev–Trinajstić information content (AvgIpc) is 3.24. The number of hydrogen-bond donors (Lipinski definition) is 3. The van der Waals surface area contributed by atoms with Crippen LogP contribution in [0.3, 0.4) is 0 Å². The molecule has 1 atom stereocenters. The van der Waals surface area contributed by atoms with Crippen molar-refractivity contribution in [2.75, 3.05) is 0 Å².